The number of thiophene rings is 1. The Morgan fingerprint density at radius 2 is 2.21 bits per heavy atom. The van der Waals surface area contributed by atoms with Crippen molar-refractivity contribution in [1.82, 2.24) is 30.2 Å². The maximum Gasteiger partial charge on any atom is 0.258 e. The van der Waals surface area contributed by atoms with Crippen LogP contribution in [-0.2, 0) is 6.42 Å². The van der Waals surface area contributed by atoms with Crippen molar-refractivity contribution in [2.24, 2.45) is 0 Å². The fraction of sp³-hybridized carbons (Fsp3) is 0.211. The van der Waals surface area contributed by atoms with E-state index >= 15 is 0 Å². The highest BCUT2D eigenvalue weighted by molar-refractivity contribution is 7.09. The average molecular weight is 394 g/mol. The number of aryl methyl sites for hydroxylation is 1. The van der Waals surface area contributed by atoms with Crippen molar-refractivity contribution in [3.8, 4) is 17.3 Å². The Morgan fingerprint density at radius 1 is 1.32 bits per heavy atom. The number of carbonyl (C=O) groups is 1. The second kappa shape index (κ2) is 7.73. The molecule has 0 spiro atoms. The van der Waals surface area contributed by atoms with Gasteiger partial charge < -0.3 is 9.84 Å². The Balaban J connectivity index is 1.51. The molecule has 0 radical (unpaired) electrons. The first kappa shape index (κ1) is 18.1. The smallest absolute Gasteiger partial charge is 0.258 e. The molecule has 4 rings (SSSR count). The van der Waals surface area contributed by atoms with Crippen molar-refractivity contribution >= 4 is 17.2 Å². The molecule has 0 aliphatic carbocycles. The normalized spacial score (nSPS) is 10.9. The Morgan fingerprint density at radius 3 is 2.96 bits per heavy atom. The molecular weight excluding hydrogens is 376 g/mol. The maximum absolute atomic E-state index is 12.5. The third-order valence-electron chi connectivity index (χ3n) is 4.23. The monoisotopic (exact) mass is 394 g/mol. The predicted octanol–water partition coefficient (Wildman–Crippen LogP) is 2.97. The van der Waals surface area contributed by atoms with Gasteiger partial charge in [0.25, 0.3) is 11.8 Å². The summed E-state index contributed by atoms with van der Waals surface area (Å²) in [7, 11) is 0. The maximum atomic E-state index is 12.5. The van der Waals surface area contributed by atoms with Crippen LogP contribution in [0.15, 0.2) is 46.6 Å². The molecule has 0 saturated carbocycles. The van der Waals surface area contributed by atoms with Gasteiger partial charge in [0.2, 0.25) is 0 Å². The highest BCUT2D eigenvalue weighted by Crippen LogP contribution is 2.20. The lowest BCUT2D eigenvalue weighted by atomic mass is 10.2. The van der Waals surface area contributed by atoms with E-state index in [0.29, 0.717) is 35.3 Å². The SMILES string of the molecule is Cc1noc(-c2ccnc(-n3ncc(C(=O)NCCc4cccs4)c3C)c2)n1. The van der Waals surface area contributed by atoms with Crippen molar-refractivity contribution in [1.29, 1.82) is 0 Å². The summed E-state index contributed by atoms with van der Waals surface area (Å²) >= 11 is 1.68. The van der Waals surface area contributed by atoms with E-state index in [1.807, 2.05) is 18.4 Å². The fourth-order valence-electron chi connectivity index (χ4n) is 2.79. The molecule has 8 nitrogen and oxygen atoms in total. The molecular formula is C19H18N6O2S. The van der Waals surface area contributed by atoms with E-state index in [-0.39, 0.29) is 5.91 Å². The first-order valence-corrected chi connectivity index (χ1v) is 9.62. The van der Waals surface area contributed by atoms with Crippen LogP contribution in [-0.4, -0.2) is 37.4 Å². The summed E-state index contributed by atoms with van der Waals surface area (Å²) in [5.41, 5.74) is 1.97. The highest BCUT2D eigenvalue weighted by Gasteiger charge is 2.16. The summed E-state index contributed by atoms with van der Waals surface area (Å²) in [6, 6.07) is 7.65. The minimum Gasteiger partial charge on any atom is -0.352 e. The van der Waals surface area contributed by atoms with Crippen LogP contribution >= 0.6 is 11.3 Å². The van der Waals surface area contributed by atoms with E-state index in [1.165, 1.54) is 4.88 Å². The number of rotatable bonds is 6. The molecule has 28 heavy (non-hydrogen) atoms. The van der Waals surface area contributed by atoms with Crippen molar-refractivity contribution < 1.29 is 9.32 Å². The molecule has 0 fully saturated rings. The first-order chi connectivity index (χ1) is 13.6. The topological polar surface area (TPSA) is 98.7 Å². The van der Waals surface area contributed by atoms with E-state index in [4.69, 9.17) is 4.52 Å². The van der Waals surface area contributed by atoms with Crippen LogP contribution in [0.5, 0.6) is 0 Å². The van der Waals surface area contributed by atoms with Crippen LogP contribution in [0.25, 0.3) is 17.3 Å². The molecule has 4 aromatic rings. The number of hydrogen-bond acceptors (Lipinski definition) is 7. The largest absolute Gasteiger partial charge is 0.352 e. The number of nitrogens with one attached hydrogen (secondary N) is 1. The fourth-order valence-corrected chi connectivity index (χ4v) is 3.50. The van der Waals surface area contributed by atoms with Gasteiger partial charge >= 0.3 is 0 Å². The first-order valence-electron chi connectivity index (χ1n) is 8.74. The number of pyridine rings is 1. The molecule has 0 aliphatic rings. The van der Waals surface area contributed by atoms with Gasteiger partial charge in [-0.25, -0.2) is 9.67 Å². The lowest BCUT2D eigenvalue weighted by Gasteiger charge is -2.06. The molecule has 0 aromatic carbocycles. The van der Waals surface area contributed by atoms with Gasteiger partial charge in [0.15, 0.2) is 11.6 Å². The second-order valence-corrected chi connectivity index (χ2v) is 7.22. The van der Waals surface area contributed by atoms with E-state index in [9.17, 15) is 4.79 Å². The van der Waals surface area contributed by atoms with Crippen molar-refractivity contribution in [3.05, 3.63) is 64.0 Å². The molecule has 1 amide bonds. The summed E-state index contributed by atoms with van der Waals surface area (Å²) in [6.45, 7) is 4.18. The van der Waals surface area contributed by atoms with Gasteiger partial charge in [-0.2, -0.15) is 10.1 Å². The highest BCUT2D eigenvalue weighted by atomic mass is 32.1. The molecule has 0 aliphatic heterocycles. The van der Waals surface area contributed by atoms with Crippen LogP contribution in [0.3, 0.4) is 0 Å². The van der Waals surface area contributed by atoms with Gasteiger partial charge in [0.05, 0.1) is 17.5 Å². The van der Waals surface area contributed by atoms with E-state index in [2.05, 4.69) is 31.6 Å². The average Bonchev–Trinajstić information content (AvgIpc) is 3.43. The number of hydrogen-bond donors (Lipinski definition) is 1. The van der Waals surface area contributed by atoms with Gasteiger partial charge in [-0.3, -0.25) is 4.79 Å². The molecule has 4 heterocycles. The van der Waals surface area contributed by atoms with Gasteiger partial charge in [-0.1, -0.05) is 11.2 Å². The van der Waals surface area contributed by atoms with Crippen LogP contribution in [0.2, 0.25) is 0 Å². The third-order valence-corrected chi connectivity index (χ3v) is 5.16. The predicted molar refractivity (Wildman–Crippen MR) is 104 cm³/mol. The zero-order valence-electron chi connectivity index (χ0n) is 15.4. The van der Waals surface area contributed by atoms with Crippen LogP contribution in [0, 0.1) is 13.8 Å². The number of carbonyl (C=O) groups excluding carboxylic acids is 1. The molecule has 4 aromatic heterocycles. The van der Waals surface area contributed by atoms with E-state index in [0.717, 1.165) is 12.0 Å². The zero-order chi connectivity index (χ0) is 19.5. The summed E-state index contributed by atoms with van der Waals surface area (Å²) in [5.74, 6) is 1.40. The van der Waals surface area contributed by atoms with Crippen LogP contribution in [0.4, 0.5) is 0 Å². The Bertz CT molecular complexity index is 1100. The van der Waals surface area contributed by atoms with E-state index < -0.39 is 0 Å². The Kier molecular flexibility index (Phi) is 4.98. The van der Waals surface area contributed by atoms with E-state index in [1.54, 1.807) is 47.5 Å². The van der Waals surface area contributed by atoms with Crippen molar-refractivity contribution in [2.45, 2.75) is 20.3 Å². The molecule has 9 heteroatoms. The molecule has 0 saturated heterocycles. The summed E-state index contributed by atoms with van der Waals surface area (Å²) < 4.78 is 6.83. The van der Waals surface area contributed by atoms with Crippen LogP contribution < -0.4 is 5.32 Å². The van der Waals surface area contributed by atoms with Crippen molar-refractivity contribution in [3.63, 3.8) is 0 Å². The molecule has 142 valence electrons. The van der Waals surface area contributed by atoms with Gasteiger partial charge in [-0.15, -0.1) is 11.3 Å². The van der Waals surface area contributed by atoms with Crippen LogP contribution in [0.1, 0.15) is 26.8 Å². The summed E-state index contributed by atoms with van der Waals surface area (Å²) in [5, 5.41) is 13.1. The molecule has 0 atom stereocenters. The standard InChI is InChI=1S/C19H18N6O2S/c1-12-16(18(26)21-8-6-15-4-3-9-28-15)11-22-25(12)17-10-14(5-7-20-17)19-23-13(2)24-27-19/h3-5,7,9-11H,6,8H2,1-2H3,(H,21,26). The second-order valence-electron chi connectivity index (χ2n) is 6.19. The third kappa shape index (κ3) is 3.70. The number of nitrogens with zero attached hydrogens (tertiary/aromatic N) is 5. The lowest BCUT2D eigenvalue weighted by Crippen LogP contribution is -2.26. The zero-order valence-corrected chi connectivity index (χ0v) is 16.2. The number of aromatic nitrogens is 5. The molecule has 0 unspecified atom stereocenters. The van der Waals surface area contributed by atoms with Gasteiger partial charge in [0.1, 0.15) is 0 Å². The van der Waals surface area contributed by atoms with Gasteiger partial charge in [0, 0.05) is 23.2 Å². The lowest BCUT2D eigenvalue weighted by molar-refractivity contribution is 0.0953. The van der Waals surface area contributed by atoms with Crippen molar-refractivity contribution in [2.75, 3.05) is 6.54 Å². The molecule has 0 bridgehead atoms. The minimum atomic E-state index is -0.149. The summed E-state index contributed by atoms with van der Waals surface area (Å²) in [4.78, 5) is 22.3. The number of amides is 1. The van der Waals surface area contributed by atoms with Gasteiger partial charge in [-0.05, 0) is 43.8 Å². The Labute approximate surface area is 165 Å². The molecule has 1 N–H and O–H groups in total. The quantitative estimate of drug-likeness (QED) is 0.540. The Hall–Kier alpha value is -3.33. The summed E-state index contributed by atoms with van der Waals surface area (Å²) in [6.07, 6.45) is 4.01. The minimum absolute atomic E-state index is 0.149.